The molecule has 1 aromatic heterocycles. The first-order valence-corrected chi connectivity index (χ1v) is 5.32. The van der Waals surface area contributed by atoms with Gasteiger partial charge < -0.3 is 4.74 Å². The van der Waals surface area contributed by atoms with E-state index in [0.29, 0.717) is 0 Å². The number of carbonyl (C=O) groups excluding carboxylic acids is 1. The zero-order valence-corrected chi connectivity index (χ0v) is 11.3. The molecule has 0 atom stereocenters. The fourth-order valence-electron chi connectivity index (χ4n) is 0.795. The van der Waals surface area contributed by atoms with Crippen molar-refractivity contribution in [1.29, 1.82) is 5.26 Å². The number of hydrogen-bond donors (Lipinski definition) is 0. The molecule has 0 aliphatic carbocycles. The Morgan fingerprint density at radius 2 is 2.05 bits per heavy atom. The number of rotatable bonds is 2. The summed E-state index contributed by atoms with van der Waals surface area (Å²) >= 11 is 0. The Kier molecular flexibility index (Phi) is 13.2. The van der Waals surface area contributed by atoms with Crippen LogP contribution in [0.1, 0.15) is 11.3 Å². The molecule has 0 aliphatic heterocycles. The van der Waals surface area contributed by atoms with Crippen molar-refractivity contribution in [3.63, 3.8) is 0 Å². The van der Waals surface area contributed by atoms with E-state index >= 15 is 0 Å². The second-order valence-electron chi connectivity index (χ2n) is 2.97. The number of methoxy groups -OCH3 is 1. The number of nitriles is 1. The molecule has 0 bridgehead atoms. The van der Waals surface area contributed by atoms with Gasteiger partial charge in [0, 0.05) is 18.3 Å². The minimum Gasteiger partial charge on any atom is -0.466 e. The Balaban J connectivity index is 0. The van der Waals surface area contributed by atoms with Gasteiger partial charge in [0.15, 0.2) is 0 Å². The summed E-state index contributed by atoms with van der Waals surface area (Å²) in [5.41, 5.74) is 2.14. The van der Waals surface area contributed by atoms with E-state index in [1.165, 1.54) is 18.7 Å². The highest BCUT2D eigenvalue weighted by Crippen LogP contribution is 2.02. The van der Waals surface area contributed by atoms with Crippen molar-refractivity contribution in [2.24, 2.45) is 0 Å². The summed E-state index contributed by atoms with van der Waals surface area (Å²) in [6.07, 6.45) is 5.82. The normalized spacial score (nSPS) is 7.21. The van der Waals surface area contributed by atoms with E-state index in [4.69, 9.17) is 5.26 Å². The average molecular weight is 258 g/mol. The summed E-state index contributed by atoms with van der Waals surface area (Å²) in [5.74, 6) is -0.394. The molecule has 0 N–H and O–H groups in total. The third-order valence-corrected chi connectivity index (χ3v) is 1.70. The third-order valence-electron chi connectivity index (χ3n) is 1.70. The number of aryl methyl sites for hydroxylation is 1. The Morgan fingerprint density at radius 3 is 2.26 bits per heavy atom. The standard InChI is InChI=1S/C8H9N.C4H6O2.C3H3N/c1-3-8-7(2)5-4-6-9-8;1-3-4(5)6-2;1-2-3-4/h3-6H,1H2,2H3;3H,1H2,2H3;2H,1H2. The Labute approximate surface area is 114 Å². The molecule has 0 aliphatic rings. The lowest BCUT2D eigenvalue weighted by Crippen LogP contribution is -1.91. The van der Waals surface area contributed by atoms with Crippen LogP contribution in [0.4, 0.5) is 0 Å². The molecule has 4 nitrogen and oxygen atoms in total. The molecule has 0 radical (unpaired) electrons. The van der Waals surface area contributed by atoms with E-state index < -0.39 is 5.97 Å². The van der Waals surface area contributed by atoms with Gasteiger partial charge in [0.2, 0.25) is 0 Å². The van der Waals surface area contributed by atoms with E-state index in [-0.39, 0.29) is 0 Å². The second-order valence-corrected chi connectivity index (χ2v) is 2.97. The Bertz CT molecular complexity index is 459. The van der Waals surface area contributed by atoms with E-state index in [9.17, 15) is 4.79 Å². The van der Waals surface area contributed by atoms with Gasteiger partial charge in [0.1, 0.15) is 0 Å². The summed E-state index contributed by atoms with van der Waals surface area (Å²) < 4.78 is 4.14. The number of allylic oxidation sites excluding steroid dienone is 1. The van der Waals surface area contributed by atoms with Gasteiger partial charge in [0.05, 0.1) is 18.9 Å². The van der Waals surface area contributed by atoms with Crippen molar-refractivity contribution in [3.05, 3.63) is 61.5 Å². The van der Waals surface area contributed by atoms with E-state index in [2.05, 4.69) is 29.5 Å². The molecular weight excluding hydrogens is 240 g/mol. The molecule has 0 unspecified atom stereocenters. The monoisotopic (exact) mass is 258 g/mol. The maximum Gasteiger partial charge on any atom is 0.329 e. The number of nitrogens with zero attached hydrogens (tertiary/aromatic N) is 2. The number of carbonyl (C=O) groups is 1. The zero-order chi connectivity index (χ0) is 15.1. The number of esters is 1. The van der Waals surface area contributed by atoms with Gasteiger partial charge in [0.25, 0.3) is 0 Å². The van der Waals surface area contributed by atoms with Crippen molar-refractivity contribution in [1.82, 2.24) is 4.98 Å². The van der Waals surface area contributed by atoms with Crippen LogP contribution in [-0.4, -0.2) is 18.1 Å². The molecule has 100 valence electrons. The van der Waals surface area contributed by atoms with Crippen LogP contribution in [0.2, 0.25) is 0 Å². The first kappa shape index (κ1) is 18.7. The highest BCUT2D eigenvalue weighted by molar-refractivity contribution is 5.80. The number of hydrogen-bond acceptors (Lipinski definition) is 4. The van der Waals surface area contributed by atoms with Crippen LogP contribution in [0.5, 0.6) is 0 Å². The predicted octanol–water partition coefficient (Wildman–Crippen LogP) is 3.07. The summed E-state index contributed by atoms with van der Waals surface area (Å²) in [6.45, 7) is 11.9. The van der Waals surface area contributed by atoms with Crippen molar-refractivity contribution in [3.8, 4) is 6.07 Å². The lowest BCUT2D eigenvalue weighted by atomic mass is 10.2. The lowest BCUT2D eigenvalue weighted by molar-refractivity contribution is -0.134. The quantitative estimate of drug-likeness (QED) is 0.464. The molecule has 1 rings (SSSR count). The molecular formula is C15H18N2O2. The minimum atomic E-state index is -0.394. The number of pyridine rings is 1. The topological polar surface area (TPSA) is 63.0 Å². The Hall–Kier alpha value is -2.67. The van der Waals surface area contributed by atoms with Crippen LogP contribution in [0, 0.1) is 18.3 Å². The van der Waals surface area contributed by atoms with Gasteiger partial charge in [-0.2, -0.15) is 5.26 Å². The van der Waals surface area contributed by atoms with E-state index in [0.717, 1.165) is 11.8 Å². The van der Waals surface area contributed by atoms with Crippen LogP contribution in [0.3, 0.4) is 0 Å². The van der Waals surface area contributed by atoms with Crippen molar-refractivity contribution < 1.29 is 9.53 Å². The minimum absolute atomic E-state index is 0.394. The highest BCUT2D eigenvalue weighted by atomic mass is 16.5. The van der Waals surface area contributed by atoms with Gasteiger partial charge in [-0.3, -0.25) is 4.98 Å². The molecule has 0 amide bonds. The van der Waals surface area contributed by atoms with Gasteiger partial charge >= 0.3 is 5.97 Å². The first-order chi connectivity index (χ1) is 9.06. The summed E-state index contributed by atoms with van der Waals surface area (Å²) in [5, 5.41) is 7.51. The molecule has 0 saturated carbocycles. The predicted molar refractivity (Wildman–Crippen MR) is 77.1 cm³/mol. The lowest BCUT2D eigenvalue weighted by Gasteiger charge is -1.94. The molecule has 0 fully saturated rings. The van der Waals surface area contributed by atoms with Gasteiger partial charge in [-0.05, 0) is 24.6 Å². The SMILES string of the molecule is C=CC#N.C=CC(=O)OC.C=Cc1ncccc1C. The number of aromatic nitrogens is 1. The van der Waals surface area contributed by atoms with Crippen LogP contribution in [0.25, 0.3) is 6.08 Å². The van der Waals surface area contributed by atoms with Crippen LogP contribution < -0.4 is 0 Å². The van der Waals surface area contributed by atoms with Crippen molar-refractivity contribution in [2.45, 2.75) is 6.92 Å². The van der Waals surface area contributed by atoms with Crippen molar-refractivity contribution >= 4 is 12.0 Å². The van der Waals surface area contributed by atoms with Crippen LogP contribution >= 0.6 is 0 Å². The third kappa shape index (κ3) is 11.6. The summed E-state index contributed by atoms with van der Waals surface area (Å²) in [4.78, 5) is 13.9. The molecule has 19 heavy (non-hydrogen) atoms. The van der Waals surface area contributed by atoms with E-state index in [1.807, 2.05) is 19.1 Å². The van der Waals surface area contributed by atoms with E-state index in [1.54, 1.807) is 18.3 Å². The molecule has 0 spiro atoms. The fourth-order valence-corrected chi connectivity index (χ4v) is 0.795. The number of ether oxygens (including phenoxy) is 1. The van der Waals surface area contributed by atoms with Crippen LogP contribution in [0.15, 0.2) is 50.2 Å². The molecule has 0 aromatic carbocycles. The largest absolute Gasteiger partial charge is 0.466 e. The molecule has 0 saturated heterocycles. The smallest absolute Gasteiger partial charge is 0.329 e. The fraction of sp³-hybridized carbons (Fsp3) is 0.133. The van der Waals surface area contributed by atoms with Gasteiger partial charge in [-0.1, -0.05) is 25.8 Å². The maximum atomic E-state index is 9.84. The second kappa shape index (κ2) is 13.4. The highest BCUT2D eigenvalue weighted by Gasteiger charge is 1.88. The first-order valence-electron chi connectivity index (χ1n) is 5.32. The van der Waals surface area contributed by atoms with Gasteiger partial charge in [-0.15, -0.1) is 0 Å². The molecule has 1 aromatic rings. The molecule has 1 heterocycles. The maximum absolute atomic E-state index is 9.84. The molecule has 4 heteroatoms. The van der Waals surface area contributed by atoms with Gasteiger partial charge in [-0.25, -0.2) is 4.79 Å². The summed E-state index contributed by atoms with van der Waals surface area (Å²) in [7, 11) is 1.31. The Morgan fingerprint density at radius 1 is 1.47 bits per heavy atom. The summed E-state index contributed by atoms with van der Waals surface area (Å²) in [6, 6.07) is 5.63. The van der Waals surface area contributed by atoms with Crippen molar-refractivity contribution in [2.75, 3.05) is 7.11 Å². The zero-order valence-electron chi connectivity index (χ0n) is 11.3. The average Bonchev–Trinajstić information content (AvgIpc) is 2.47. The van der Waals surface area contributed by atoms with Crippen LogP contribution in [-0.2, 0) is 9.53 Å².